The van der Waals surface area contributed by atoms with Crippen molar-refractivity contribution in [2.24, 2.45) is 0 Å². The number of carbonyl (C=O) groups is 1. The summed E-state index contributed by atoms with van der Waals surface area (Å²) in [5.74, 6) is -0.257. The number of benzene rings is 1. The van der Waals surface area contributed by atoms with Crippen LogP contribution < -0.4 is 5.32 Å². The standard InChI is InChI=1S/C16H17ClN6O/c1-11(8-22-10-18-9-19-22)20-16(24)14-12(2)21-23(15(14)17)13-6-4-3-5-7-13/h3-7,9-11H,8H2,1-2H3,(H,20,24). The average molecular weight is 345 g/mol. The van der Waals surface area contributed by atoms with Gasteiger partial charge in [0.15, 0.2) is 0 Å². The molecule has 0 saturated heterocycles. The second kappa shape index (κ2) is 6.84. The highest BCUT2D eigenvalue weighted by molar-refractivity contribution is 6.33. The maximum atomic E-state index is 12.6. The fourth-order valence-corrected chi connectivity index (χ4v) is 2.80. The average Bonchev–Trinajstić information content (AvgIpc) is 3.15. The first-order valence-corrected chi connectivity index (χ1v) is 7.88. The van der Waals surface area contributed by atoms with Crippen LogP contribution in [0.3, 0.4) is 0 Å². The van der Waals surface area contributed by atoms with Gasteiger partial charge in [-0.1, -0.05) is 29.8 Å². The van der Waals surface area contributed by atoms with Crippen molar-refractivity contribution in [2.75, 3.05) is 0 Å². The minimum Gasteiger partial charge on any atom is -0.348 e. The Morgan fingerprint density at radius 3 is 2.75 bits per heavy atom. The molecule has 3 aromatic rings. The van der Waals surface area contributed by atoms with E-state index in [-0.39, 0.29) is 11.9 Å². The van der Waals surface area contributed by atoms with Gasteiger partial charge in [-0.25, -0.2) is 9.67 Å². The predicted octanol–water partition coefficient (Wildman–Crippen LogP) is 2.24. The van der Waals surface area contributed by atoms with Gasteiger partial charge in [-0.3, -0.25) is 9.48 Å². The molecule has 0 bridgehead atoms. The molecule has 0 fully saturated rings. The lowest BCUT2D eigenvalue weighted by molar-refractivity contribution is 0.0935. The molecule has 1 unspecified atom stereocenters. The molecule has 1 aromatic carbocycles. The van der Waals surface area contributed by atoms with Crippen LogP contribution in [0.15, 0.2) is 43.0 Å². The van der Waals surface area contributed by atoms with Crippen molar-refractivity contribution < 1.29 is 4.79 Å². The van der Waals surface area contributed by atoms with Crippen LogP contribution in [0.2, 0.25) is 5.15 Å². The Bertz CT molecular complexity index is 828. The van der Waals surface area contributed by atoms with Crippen LogP contribution in [-0.2, 0) is 6.54 Å². The Labute approximate surface area is 144 Å². The van der Waals surface area contributed by atoms with Gasteiger partial charge in [-0.15, -0.1) is 0 Å². The zero-order valence-corrected chi connectivity index (χ0v) is 14.1. The molecule has 0 radical (unpaired) electrons. The highest BCUT2D eigenvalue weighted by Crippen LogP contribution is 2.23. The van der Waals surface area contributed by atoms with E-state index < -0.39 is 0 Å². The first kappa shape index (κ1) is 16.2. The van der Waals surface area contributed by atoms with Crippen molar-refractivity contribution in [3.05, 3.63) is 59.4 Å². The molecule has 0 spiro atoms. The van der Waals surface area contributed by atoms with Crippen molar-refractivity contribution in [1.29, 1.82) is 0 Å². The lowest BCUT2D eigenvalue weighted by atomic mass is 10.2. The van der Waals surface area contributed by atoms with Crippen LogP contribution in [0, 0.1) is 6.92 Å². The van der Waals surface area contributed by atoms with E-state index >= 15 is 0 Å². The molecule has 0 aliphatic heterocycles. The normalized spacial score (nSPS) is 12.1. The molecule has 24 heavy (non-hydrogen) atoms. The molecule has 1 amide bonds. The molecule has 2 aromatic heterocycles. The monoisotopic (exact) mass is 344 g/mol. The second-order valence-electron chi connectivity index (χ2n) is 5.49. The molecular weight excluding hydrogens is 328 g/mol. The van der Waals surface area contributed by atoms with E-state index in [0.717, 1.165) is 5.69 Å². The first-order valence-electron chi connectivity index (χ1n) is 7.50. The van der Waals surface area contributed by atoms with Gasteiger partial charge in [-0.05, 0) is 26.0 Å². The van der Waals surface area contributed by atoms with E-state index in [4.69, 9.17) is 11.6 Å². The summed E-state index contributed by atoms with van der Waals surface area (Å²) in [6.45, 7) is 4.18. The van der Waals surface area contributed by atoms with Gasteiger partial charge in [-0.2, -0.15) is 10.2 Å². The van der Waals surface area contributed by atoms with Crippen LogP contribution in [0.4, 0.5) is 0 Å². The SMILES string of the molecule is Cc1nn(-c2ccccc2)c(Cl)c1C(=O)NC(C)Cn1cncn1. The van der Waals surface area contributed by atoms with Crippen molar-refractivity contribution in [1.82, 2.24) is 29.9 Å². The van der Waals surface area contributed by atoms with Crippen molar-refractivity contribution in [3.63, 3.8) is 0 Å². The number of carbonyl (C=O) groups excluding carboxylic acids is 1. The molecule has 2 heterocycles. The van der Waals surface area contributed by atoms with Gasteiger partial charge in [0.05, 0.1) is 23.5 Å². The van der Waals surface area contributed by atoms with Crippen molar-refractivity contribution in [3.8, 4) is 5.69 Å². The topological polar surface area (TPSA) is 77.6 Å². The number of nitrogens with zero attached hydrogens (tertiary/aromatic N) is 5. The van der Waals surface area contributed by atoms with Crippen LogP contribution in [0.25, 0.3) is 5.69 Å². The third-order valence-electron chi connectivity index (χ3n) is 3.54. The summed E-state index contributed by atoms with van der Waals surface area (Å²) >= 11 is 6.40. The van der Waals surface area contributed by atoms with Crippen molar-refractivity contribution >= 4 is 17.5 Å². The van der Waals surface area contributed by atoms with E-state index in [1.165, 1.54) is 6.33 Å². The number of para-hydroxylation sites is 1. The number of nitrogens with one attached hydrogen (secondary N) is 1. The van der Waals surface area contributed by atoms with Crippen LogP contribution >= 0.6 is 11.6 Å². The molecule has 1 N–H and O–H groups in total. The maximum absolute atomic E-state index is 12.6. The minimum atomic E-state index is -0.257. The third kappa shape index (κ3) is 3.30. The summed E-state index contributed by atoms with van der Waals surface area (Å²) in [6.07, 6.45) is 3.06. The van der Waals surface area contributed by atoms with Crippen molar-refractivity contribution in [2.45, 2.75) is 26.4 Å². The summed E-state index contributed by atoms with van der Waals surface area (Å²) in [6, 6.07) is 9.33. The summed E-state index contributed by atoms with van der Waals surface area (Å²) < 4.78 is 3.22. The number of hydrogen-bond acceptors (Lipinski definition) is 4. The molecule has 3 rings (SSSR count). The largest absolute Gasteiger partial charge is 0.348 e. The van der Waals surface area contributed by atoms with Gasteiger partial charge < -0.3 is 5.32 Å². The van der Waals surface area contributed by atoms with Gasteiger partial charge in [0, 0.05) is 6.04 Å². The summed E-state index contributed by atoms with van der Waals surface area (Å²) in [4.78, 5) is 16.5. The Hall–Kier alpha value is -2.67. The second-order valence-corrected chi connectivity index (χ2v) is 5.85. The van der Waals surface area contributed by atoms with Gasteiger partial charge >= 0.3 is 0 Å². The van der Waals surface area contributed by atoms with E-state index in [0.29, 0.717) is 23.0 Å². The molecule has 7 nitrogen and oxygen atoms in total. The number of halogens is 1. The maximum Gasteiger partial charge on any atom is 0.256 e. The Morgan fingerprint density at radius 2 is 2.08 bits per heavy atom. The Kier molecular flexibility index (Phi) is 4.61. The zero-order valence-electron chi connectivity index (χ0n) is 13.3. The fourth-order valence-electron chi connectivity index (χ4n) is 2.45. The molecular formula is C16H17ClN6O. The van der Waals surface area contributed by atoms with Gasteiger partial charge in [0.1, 0.15) is 17.8 Å². The fraction of sp³-hybridized carbons (Fsp3) is 0.250. The van der Waals surface area contributed by atoms with Gasteiger partial charge in [0.2, 0.25) is 0 Å². The molecule has 8 heteroatoms. The van der Waals surface area contributed by atoms with Gasteiger partial charge in [0.25, 0.3) is 5.91 Å². The zero-order chi connectivity index (χ0) is 17.1. The molecule has 0 aliphatic carbocycles. The lowest BCUT2D eigenvalue weighted by Crippen LogP contribution is -2.36. The molecule has 124 valence electrons. The summed E-state index contributed by atoms with van der Waals surface area (Å²) in [5.41, 5.74) is 1.76. The minimum absolute atomic E-state index is 0.130. The van der Waals surface area contributed by atoms with E-state index in [1.54, 1.807) is 22.6 Å². The van der Waals surface area contributed by atoms with E-state index in [1.807, 2.05) is 37.3 Å². The molecule has 0 saturated carbocycles. The molecule has 1 atom stereocenters. The number of hydrogen-bond donors (Lipinski definition) is 1. The molecule has 0 aliphatic rings. The number of aryl methyl sites for hydroxylation is 1. The number of rotatable bonds is 5. The summed E-state index contributed by atoms with van der Waals surface area (Å²) in [5, 5.41) is 11.6. The highest BCUT2D eigenvalue weighted by Gasteiger charge is 2.22. The number of amides is 1. The first-order chi connectivity index (χ1) is 11.6. The number of aromatic nitrogens is 5. The van der Waals surface area contributed by atoms with Crippen LogP contribution in [0.1, 0.15) is 23.0 Å². The highest BCUT2D eigenvalue weighted by atomic mass is 35.5. The quantitative estimate of drug-likeness (QED) is 0.770. The Balaban J connectivity index is 1.79. The predicted molar refractivity (Wildman–Crippen MR) is 90.3 cm³/mol. The summed E-state index contributed by atoms with van der Waals surface area (Å²) in [7, 11) is 0. The Morgan fingerprint density at radius 1 is 1.33 bits per heavy atom. The van der Waals surface area contributed by atoms with E-state index in [9.17, 15) is 4.79 Å². The van der Waals surface area contributed by atoms with E-state index in [2.05, 4.69) is 20.5 Å². The van der Waals surface area contributed by atoms with Crippen LogP contribution in [0.5, 0.6) is 0 Å². The third-order valence-corrected chi connectivity index (χ3v) is 3.89. The smallest absolute Gasteiger partial charge is 0.256 e. The lowest BCUT2D eigenvalue weighted by Gasteiger charge is -2.13. The van der Waals surface area contributed by atoms with Crippen LogP contribution in [-0.4, -0.2) is 36.5 Å².